The molecule has 0 aromatic carbocycles. The number of hydrogen-bond donors (Lipinski definition) is 1. The lowest BCUT2D eigenvalue weighted by Gasteiger charge is -2.10. The van der Waals surface area contributed by atoms with Gasteiger partial charge in [0.05, 0.1) is 10.0 Å². The maximum atomic E-state index is 5.40. The number of rotatable bonds is 3. The van der Waals surface area contributed by atoms with Gasteiger partial charge < -0.3 is 9.73 Å². The molecule has 0 aliphatic carbocycles. The number of nitrogens with one attached hydrogen (secondary N) is 1. The molecule has 0 aliphatic heterocycles. The number of halogens is 2. The Bertz CT molecular complexity index is 419. The lowest BCUT2D eigenvalue weighted by Crippen LogP contribution is -2.15. The van der Waals surface area contributed by atoms with Gasteiger partial charge in [0.15, 0.2) is 0 Å². The van der Waals surface area contributed by atoms with Crippen LogP contribution in [0.1, 0.15) is 16.7 Å². The second-order valence-electron chi connectivity index (χ2n) is 3.01. The van der Waals surface area contributed by atoms with E-state index in [9.17, 15) is 0 Å². The number of thiophene rings is 1. The first-order valence-electron chi connectivity index (χ1n) is 4.37. The largest absolute Gasteiger partial charge is 0.467 e. The Morgan fingerprint density at radius 1 is 1.47 bits per heavy atom. The third-order valence-electron chi connectivity index (χ3n) is 2.07. The van der Waals surface area contributed by atoms with Crippen LogP contribution in [0.4, 0.5) is 0 Å². The van der Waals surface area contributed by atoms with E-state index in [4.69, 9.17) is 4.42 Å². The van der Waals surface area contributed by atoms with E-state index >= 15 is 0 Å². The van der Waals surface area contributed by atoms with E-state index < -0.39 is 0 Å². The highest BCUT2D eigenvalue weighted by Gasteiger charge is 2.18. The highest BCUT2D eigenvalue weighted by atomic mass is 79.9. The molecule has 1 N–H and O–H groups in total. The monoisotopic (exact) mass is 349 g/mol. The molecule has 1 atom stereocenters. The Morgan fingerprint density at radius 3 is 2.73 bits per heavy atom. The van der Waals surface area contributed by atoms with Gasteiger partial charge in [-0.2, -0.15) is 0 Å². The average molecular weight is 351 g/mol. The molecular weight excluding hydrogens is 342 g/mol. The number of furan rings is 1. The van der Waals surface area contributed by atoms with E-state index in [1.165, 1.54) is 4.88 Å². The maximum Gasteiger partial charge on any atom is 0.126 e. The van der Waals surface area contributed by atoms with Crippen molar-refractivity contribution in [3.05, 3.63) is 43.4 Å². The molecule has 2 aromatic heterocycles. The van der Waals surface area contributed by atoms with Crippen LogP contribution in [-0.2, 0) is 0 Å². The summed E-state index contributed by atoms with van der Waals surface area (Å²) in [4.78, 5) is 1.21. The van der Waals surface area contributed by atoms with Crippen LogP contribution in [0.15, 0.2) is 37.1 Å². The zero-order chi connectivity index (χ0) is 10.8. The molecular formula is C10H9Br2NOS. The predicted molar refractivity (Wildman–Crippen MR) is 69.3 cm³/mol. The molecule has 0 radical (unpaired) electrons. The van der Waals surface area contributed by atoms with Crippen LogP contribution in [0, 0.1) is 0 Å². The minimum Gasteiger partial charge on any atom is -0.467 e. The van der Waals surface area contributed by atoms with Crippen LogP contribution in [0.3, 0.4) is 0 Å². The molecule has 0 amide bonds. The third kappa shape index (κ3) is 2.36. The Hall–Kier alpha value is -0.1000. The maximum absolute atomic E-state index is 5.40. The number of hydrogen-bond acceptors (Lipinski definition) is 3. The smallest absolute Gasteiger partial charge is 0.126 e. The first-order chi connectivity index (χ1) is 7.22. The molecule has 5 heteroatoms. The van der Waals surface area contributed by atoms with Crippen LogP contribution in [-0.4, -0.2) is 7.05 Å². The summed E-state index contributed by atoms with van der Waals surface area (Å²) in [6.45, 7) is 0. The van der Waals surface area contributed by atoms with Gasteiger partial charge in [0.2, 0.25) is 0 Å². The van der Waals surface area contributed by atoms with Crippen molar-refractivity contribution in [1.82, 2.24) is 5.32 Å². The molecule has 15 heavy (non-hydrogen) atoms. The second-order valence-corrected chi connectivity index (χ2v) is 6.26. The standard InChI is InChI=1S/C10H9Br2NOS/c1-13-9(7-3-2-4-14-7)8-5-6(11)10(12)15-8/h2-5,9,13H,1H3. The molecule has 0 bridgehead atoms. The Labute approximate surface area is 109 Å². The van der Waals surface area contributed by atoms with Crippen LogP contribution in [0.2, 0.25) is 0 Å². The summed E-state index contributed by atoms with van der Waals surface area (Å²) < 4.78 is 7.58. The summed E-state index contributed by atoms with van der Waals surface area (Å²) in [5, 5.41) is 3.24. The van der Waals surface area contributed by atoms with Crippen molar-refractivity contribution in [3.8, 4) is 0 Å². The molecule has 80 valence electrons. The molecule has 2 nitrogen and oxygen atoms in total. The summed E-state index contributed by atoms with van der Waals surface area (Å²) in [5.74, 6) is 0.929. The third-order valence-corrected chi connectivity index (χ3v) is 5.39. The summed E-state index contributed by atoms with van der Waals surface area (Å²) >= 11 is 8.66. The van der Waals surface area contributed by atoms with E-state index in [1.807, 2.05) is 19.2 Å². The zero-order valence-corrected chi connectivity index (χ0v) is 11.9. The van der Waals surface area contributed by atoms with Gasteiger partial charge in [0, 0.05) is 9.35 Å². The van der Waals surface area contributed by atoms with Crippen molar-refractivity contribution in [2.24, 2.45) is 0 Å². The summed E-state index contributed by atoms with van der Waals surface area (Å²) in [7, 11) is 1.93. The van der Waals surface area contributed by atoms with Gasteiger partial charge in [-0.05, 0) is 57.1 Å². The summed E-state index contributed by atoms with van der Waals surface area (Å²) in [6, 6.07) is 6.09. The molecule has 0 aliphatic rings. The van der Waals surface area contributed by atoms with Crippen molar-refractivity contribution in [2.45, 2.75) is 6.04 Å². The summed E-state index contributed by atoms with van der Waals surface area (Å²) in [5.41, 5.74) is 0. The van der Waals surface area contributed by atoms with Gasteiger partial charge in [-0.25, -0.2) is 0 Å². The molecule has 0 spiro atoms. The first-order valence-corrected chi connectivity index (χ1v) is 6.78. The van der Waals surface area contributed by atoms with Gasteiger partial charge in [-0.3, -0.25) is 0 Å². The van der Waals surface area contributed by atoms with E-state index in [2.05, 4.69) is 43.2 Å². The van der Waals surface area contributed by atoms with E-state index in [-0.39, 0.29) is 6.04 Å². The van der Waals surface area contributed by atoms with Gasteiger partial charge in [0.25, 0.3) is 0 Å². The fourth-order valence-electron chi connectivity index (χ4n) is 1.39. The Morgan fingerprint density at radius 2 is 2.27 bits per heavy atom. The minimum atomic E-state index is 0.118. The first kappa shape index (κ1) is 11.4. The van der Waals surface area contributed by atoms with Crippen LogP contribution >= 0.6 is 43.2 Å². The lowest BCUT2D eigenvalue weighted by atomic mass is 10.2. The van der Waals surface area contributed by atoms with Gasteiger partial charge >= 0.3 is 0 Å². The van der Waals surface area contributed by atoms with Crippen molar-refractivity contribution in [1.29, 1.82) is 0 Å². The highest BCUT2D eigenvalue weighted by molar-refractivity contribution is 9.13. The normalized spacial score (nSPS) is 13.0. The second kappa shape index (κ2) is 4.82. The molecule has 2 aromatic rings. The Balaban J connectivity index is 2.35. The topological polar surface area (TPSA) is 25.2 Å². The molecule has 0 saturated carbocycles. The minimum absolute atomic E-state index is 0.118. The molecule has 2 rings (SSSR count). The molecule has 2 heterocycles. The highest BCUT2D eigenvalue weighted by Crippen LogP contribution is 2.37. The average Bonchev–Trinajstić information content (AvgIpc) is 2.80. The fourth-order valence-corrected chi connectivity index (χ4v) is 3.59. The SMILES string of the molecule is CNC(c1ccco1)c1cc(Br)c(Br)s1. The van der Waals surface area contributed by atoms with Gasteiger partial charge in [-0.1, -0.05) is 0 Å². The van der Waals surface area contributed by atoms with E-state index in [1.54, 1.807) is 17.6 Å². The quantitative estimate of drug-likeness (QED) is 0.898. The van der Waals surface area contributed by atoms with E-state index in [0.29, 0.717) is 0 Å². The summed E-state index contributed by atoms with van der Waals surface area (Å²) in [6.07, 6.45) is 1.69. The Kier molecular flexibility index (Phi) is 3.66. The van der Waals surface area contributed by atoms with Crippen molar-refractivity contribution < 1.29 is 4.42 Å². The zero-order valence-electron chi connectivity index (χ0n) is 7.96. The molecule has 1 unspecified atom stereocenters. The fraction of sp³-hybridized carbons (Fsp3) is 0.200. The van der Waals surface area contributed by atoms with Crippen molar-refractivity contribution >= 4 is 43.2 Å². The lowest BCUT2D eigenvalue weighted by molar-refractivity contribution is 0.466. The molecule has 0 saturated heterocycles. The molecule has 0 fully saturated rings. The van der Waals surface area contributed by atoms with Gasteiger partial charge in [0.1, 0.15) is 11.8 Å². The van der Waals surface area contributed by atoms with Crippen LogP contribution in [0.25, 0.3) is 0 Å². The van der Waals surface area contributed by atoms with Crippen molar-refractivity contribution in [2.75, 3.05) is 7.05 Å². The predicted octanol–water partition coefficient (Wildman–Crippen LogP) is 4.17. The van der Waals surface area contributed by atoms with Gasteiger partial charge in [-0.15, -0.1) is 11.3 Å². The van der Waals surface area contributed by atoms with E-state index in [0.717, 1.165) is 14.0 Å². The van der Waals surface area contributed by atoms with Crippen LogP contribution < -0.4 is 5.32 Å². The van der Waals surface area contributed by atoms with Crippen molar-refractivity contribution in [3.63, 3.8) is 0 Å². The van der Waals surface area contributed by atoms with Crippen LogP contribution in [0.5, 0.6) is 0 Å².